The van der Waals surface area contributed by atoms with Gasteiger partial charge in [-0.15, -0.1) is 0 Å². The molecule has 1 atom stereocenters. The van der Waals surface area contributed by atoms with Crippen molar-refractivity contribution >= 4 is 28.9 Å². The fourth-order valence-corrected chi connectivity index (χ4v) is 1.78. The molecule has 0 saturated carbocycles. The maximum Gasteiger partial charge on any atom is 0.306 e. The normalized spacial score (nSPS) is 11.9. The van der Waals surface area contributed by atoms with Crippen LogP contribution in [0.25, 0.3) is 0 Å². The second kappa shape index (κ2) is 6.38. The Hall–Kier alpha value is -1.82. The van der Waals surface area contributed by atoms with Crippen molar-refractivity contribution < 1.29 is 14.8 Å². The zero-order valence-electron chi connectivity index (χ0n) is 10.6. The lowest BCUT2D eigenvalue weighted by Gasteiger charge is -2.11. The van der Waals surface area contributed by atoms with E-state index in [9.17, 15) is 14.9 Å². The van der Waals surface area contributed by atoms with Crippen LogP contribution >= 0.6 is 11.6 Å². The molecule has 0 saturated heterocycles. The van der Waals surface area contributed by atoms with Crippen molar-refractivity contribution in [1.82, 2.24) is 0 Å². The summed E-state index contributed by atoms with van der Waals surface area (Å²) < 4.78 is 0. The predicted octanol–water partition coefficient (Wildman–Crippen LogP) is 3.08. The first kappa shape index (κ1) is 15.2. The van der Waals surface area contributed by atoms with Crippen LogP contribution in [0.15, 0.2) is 12.1 Å². The summed E-state index contributed by atoms with van der Waals surface area (Å²) in [5.74, 6) is -1.29. The first-order chi connectivity index (χ1) is 8.82. The van der Waals surface area contributed by atoms with Gasteiger partial charge in [-0.1, -0.05) is 18.5 Å². The molecule has 7 heteroatoms. The molecule has 104 valence electrons. The number of nitro benzene ring substituents is 1. The summed E-state index contributed by atoms with van der Waals surface area (Å²) in [6.07, 6.45) is 0.462. The smallest absolute Gasteiger partial charge is 0.306 e. The summed E-state index contributed by atoms with van der Waals surface area (Å²) in [7, 11) is 0. The second-order valence-electron chi connectivity index (χ2n) is 4.33. The number of hydrogen-bond donors (Lipinski definition) is 2. The highest BCUT2D eigenvalue weighted by Gasteiger charge is 2.15. The van der Waals surface area contributed by atoms with E-state index >= 15 is 0 Å². The van der Waals surface area contributed by atoms with E-state index < -0.39 is 16.8 Å². The van der Waals surface area contributed by atoms with E-state index in [-0.39, 0.29) is 10.7 Å². The number of carboxylic acid groups (broad SMARTS) is 1. The third-order valence-electron chi connectivity index (χ3n) is 2.80. The average Bonchev–Trinajstić information content (AvgIpc) is 2.32. The lowest BCUT2D eigenvalue weighted by Crippen LogP contribution is -2.14. The molecule has 0 aromatic heterocycles. The maximum atomic E-state index is 10.7. The quantitative estimate of drug-likeness (QED) is 0.619. The van der Waals surface area contributed by atoms with E-state index in [1.165, 1.54) is 12.1 Å². The number of nitrogens with zero attached hydrogens (tertiary/aromatic N) is 1. The van der Waals surface area contributed by atoms with Gasteiger partial charge in [-0.05, 0) is 25.0 Å². The molecule has 0 fully saturated rings. The fourth-order valence-electron chi connectivity index (χ4n) is 1.54. The van der Waals surface area contributed by atoms with Crippen molar-refractivity contribution in [3.8, 4) is 0 Å². The van der Waals surface area contributed by atoms with Crippen molar-refractivity contribution in [3.63, 3.8) is 0 Å². The number of nitro groups is 1. The van der Waals surface area contributed by atoms with Crippen LogP contribution in [0.2, 0.25) is 5.02 Å². The molecular weight excluding hydrogens is 272 g/mol. The van der Waals surface area contributed by atoms with Gasteiger partial charge in [0, 0.05) is 18.3 Å². The third kappa shape index (κ3) is 4.10. The highest BCUT2D eigenvalue weighted by molar-refractivity contribution is 6.33. The fraction of sp³-hybridized carbons (Fsp3) is 0.417. The van der Waals surface area contributed by atoms with E-state index in [4.69, 9.17) is 16.7 Å². The van der Waals surface area contributed by atoms with Gasteiger partial charge < -0.3 is 10.4 Å². The second-order valence-corrected chi connectivity index (χ2v) is 4.74. The number of aliphatic carboxylic acids is 1. The summed E-state index contributed by atoms with van der Waals surface area (Å²) >= 11 is 5.81. The topological polar surface area (TPSA) is 92.5 Å². The molecule has 0 heterocycles. The number of rotatable bonds is 6. The first-order valence-electron chi connectivity index (χ1n) is 5.74. The highest BCUT2D eigenvalue weighted by Crippen LogP contribution is 2.30. The molecule has 1 aromatic carbocycles. The zero-order chi connectivity index (χ0) is 14.6. The van der Waals surface area contributed by atoms with Crippen LogP contribution < -0.4 is 5.32 Å². The van der Waals surface area contributed by atoms with Crippen LogP contribution in [0.4, 0.5) is 11.4 Å². The maximum absolute atomic E-state index is 10.7. The van der Waals surface area contributed by atoms with Crippen molar-refractivity contribution in [2.24, 2.45) is 5.92 Å². The molecular formula is C12H15ClN2O4. The molecule has 0 aliphatic rings. The molecule has 0 aliphatic heterocycles. The Morgan fingerprint density at radius 3 is 2.74 bits per heavy atom. The SMILES string of the molecule is Cc1cc([N+](=O)[O-])c(Cl)cc1NCCC(C)C(=O)O. The molecule has 6 nitrogen and oxygen atoms in total. The van der Waals surface area contributed by atoms with Crippen molar-refractivity contribution in [2.45, 2.75) is 20.3 Å². The Morgan fingerprint density at radius 1 is 1.58 bits per heavy atom. The van der Waals surface area contributed by atoms with Gasteiger partial charge in [0.1, 0.15) is 5.02 Å². The minimum absolute atomic E-state index is 0.0596. The van der Waals surface area contributed by atoms with Gasteiger partial charge in [0.15, 0.2) is 0 Å². The molecule has 0 amide bonds. The van der Waals surface area contributed by atoms with E-state index in [1.807, 2.05) is 0 Å². The molecule has 0 radical (unpaired) electrons. The number of anilines is 1. The van der Waals surface area contributed by atoms with Crippen LogP contribution in [0.3, 0.4) is 0 Å². The van der Waals surface area contributed by atoms with Crippen molar-refractivity contribution in [3.05, 3.63) is 32.8 Å². The van der Waals surface area contributed by atoms with E-state index in [0.29, 0.717) is 24.2 Å². The Labute approximate surface area is 115 Å². The van der Waals surface area contributed by atoms with Crippen molar-refractivity contribution in [2.75, 3.05) is 11.9 Å². The van der Waals surface area contributed by atoms with Gasteiger partial charge >= 0.3 is 5.97 Å². The number of aryl methyl sites for hydroxylation is 1. The number of nitrogens with one attached hydrogen (secondary N) is 1. The molecule has 1 aromatic rings. The highest BCUT2D eigenvalue weighted by atomic mass is 35.5. The number of benzene rings is 1. The predicted molar refractivity (Wildman–Crippen MR) is 72.7 cm³/mol. The minimum atomic E-state index is -0.847. The van der Waals surface area contributed by atoms with Crippen LogP contribution in [-0.4, -0.2) is 22.5 Å². The van der Waals surface area contributed by atoms with E-state index in [2.05, 4.69) is 5.32 Å². The first-order valence-corrected chi connectivity index (χ1v) is 6.12. The molecule has 0 bridgehead atoms. The Morgan fingerprint density at radius 2 is 2.21 bits per heavy atom. The summed E-state index contributed by atoms with van der Waals surface area (Å²) in [5, 5.41) is 22.5. The molecule has 2 N–H and O–H groups in total. The Balaban J connectivity index is 2.72. The van der Waals surface area contributed by atoms with Gasteiger partial charge in [0.25, 0.3) is 5.69 Å². The summed E-state index contributed by atoms with van der Waals surface area (Å²) in [4.78, 5) is 20.8. The van der Waals surface area contributed by atoms with Gasteiger partial charge in [-0.25, -0.2) is 0 Å². The monoisotopic (exact) mass is 286 g/mol. The molecule has 1 rings (SSSR count). The van der Waals surface area contributed by atoms with Crippen LogP contribution in [-0.2, 0) is 4.79 Å². The largest absolute Gasteiger partial charge is 0.481 e. The number of carbonyl (C=O) groups is 1. The molecule has 0 spiro atoms. The number of halogens is 1. The average molecular weight is 287 g/mol. The van der Waals surface area contributed by atoms with Gasteiger partial charge in [0.2, 0.25) is 0 Å². The number of carboxylic acids is 1. The summed E-state index contributed by atoms with van der Waals surface area (Å²) in [5.41, 5.74) is 1.23. The summed E-state index contributed by atoms with van der Waals surface area (Å²) in [6.45, 7) is 3.81. The molecule has 19 heavy (non-hydrogen) atoms. The van der Waals surface area contributed by atoms with Gasteiger partial charge in [-0.3, -0.25) is 14.9 Å². The van der Waals surface area contributed by atoms with E-state index in [0.717, 1.165) is 0 Å². The van der Waals surface area contributed by atoms with Crippen molar-refractivity contribution in [1.29, 1.82) is 0 Å². The van der Waals surface area contributed by atoms with Crippen LogP contribution in [0.1, 0.15) is 18.9 Å². The molecule has 0 aliphatic carbocycles. The van der Waals surface area contributed by atoms with Gasteiger partial charge in [-0.2, -0.15) is 0 Å². The molecule has 1 unspecified atom stereocenters. The van der Waals surface area contributed by atoms with Gasteiger partial charge in [0.05, 0.1) is 10.8 Å². The van der Waals surface area contributed by atoms with E-state index in [1.54, 1.807) is 13.8 Å². The number of hydrogen-bond acceptors (Lipinski definition) is 4. The van der Waals surface area contributed by atoms with Crippen LogP contribution in [0, 0.1) is 23.0 Å². The van der Waals surface area contributed by atoms with Crippen LogP contribution in [0.5, 0.6) is 0 Å². The lowest BCUT2D eigenvalue weighted by molar-refractivity contribution is -0.384. The zero-order valence-corrected chi connectivity index (χ0v) is 11.4. The standard InChI is InChI=1S/C12H15ClN2O4/c1-7(12(16)17)3-4-14-10-6-9(13)11(15(18)19)5-8(10)2/h5-7,14H,3-4H2,1-2H3,(H,16,17). The Kier molecular flexibility index (Phi) is 5.11. The minimum Gasteiger partial charge on any atom is -0.481 e. The lowest BCUT2D eigenvalue weighted by atomic mass is 10.1. The third-order valence-corrected chi connectivity index (χ3v) is 3.11. The summed E-state index contributed by atoms with van der Waals surface area (Å²) in [6, 6.07) is 2.88. The Bertz CT molecular complexity index is 505.